The monoisotopic (exact) mass is 481 g/mol. The zero-order chi connectivity index (χ0) is 23.8. The van der Waals surface area contributed by atoms with Gasteiger partial charge >= 0.3 is 11.9 Å². The van der Waals surface area contributed by atoms with Gasteiger partial charge < -0.3 is 15.5 Å². The lowest BCUT2D eigenvalue weighted by atomic mass is 10.1. The maximum absolute atomic E-state index is 12.9. The first-order valence-corrected chi connectivity index (χ1v) is 12.0. The minimum Gasteiger partial charge on any atom is -0.478 e. The van der Waals surface area contributed by atoms with Crippen LogP contribution >= 0.6 is 23.5 Å². The van der Waals surface area contributed by atoms with E-state index in [4.69, 9.17) is 0 Å². The summed E-state index contributed by atoms with van der Waals surface area (Å²) >= 11 is 2.43. The lowest BCUT2D eigenvalue weighted by molar-refractivity contribution is 0.0681. The second-order valence-corrected chi connectivity index (χ2v) is 9.31. The molecule has 3 rings (SSSR count). The van der Waals surface area contributed by atoms with Crippen LogP contribution in [0.2, 0.25) is 0 Å². The van der Waals surface area contributed by atoms with Crippen molar-refractivity contribution in [3.8, 4) is 0 Å². The Balaban J connectivity index is 2.11. The molecule has 0 aliphatic carbocycles. The van der Waals surface area contributed by atoms with Crippen molar-refractivity contribution in [2.75, 3.05) is 6.54 Å². The summed E-state index contributed by atoms with van der Waals surface area (Å²) in [5.41, 5.74) is -0.0321. The van der Waals surface area contributed by atoms with Gasteiger partial charge in [-0.15, -0.1) is 0 Å². The summed E-state index contributed by atoms with van der Waals surface area (Å²) in [6, 6.07) is 19.2. The van der Waals surface area contributed by atoms with Gasteiger partial charge in [0.25, 0.3) is 5.91 Å². The molecule has 3 aromatic rings. The van der Waals surface area contributed by atoms with E-state index >= 15 is 0 Å². The predicted molar refractivity (Wildman–Crippen MR) is 129 cm³/mol. The molecule has 0 saturated heterocycles. The highest BCUT2D eigenvalue weighted by molar-refractivity contribution is 8.00. The SMILES string of the molecule is CCCCNC(=O)c1cc(Sc2ccccc2)cc(Sc2ccccc2C(=O)O)c1C(=O)O. The standard InChI is InChI=1S/C25H23NO5S2/c1-2-3-13-26-23(27)19-14-17(32-16-9-5-4-6-10-16)15-21(22(19)25(30)31)33-20-12-8-7-11-18(20)24(28)29/h4-12,14-15H,2-3,13H2,1H3,(H,26,27)(H,28,29)(H,30,31). The first kappa shape index (κ1) is 24.4. The van der Waals surface area contributed by atoms with Crippen LogP contribution in [0.1, 0.15) is 50.8 Å². The fourth-order valence-corrected chi connectivity index (χ4v) is 5.21. The van der Waals surface area contributed by atoms with E-state index in [0.29, 0.717) is 21.2 Å². The van der Waals surface area contributed by atoms with E-state index < -0.39 is 17.8 Å². The molecule has 0 unspecified atom stereocenters. The molecule has 170 valence electrons. The summed E-state index contributed by atoms with van der Waals surface area (Å²) in [5.74, 6) is -2.82. The van der Waals surface area contributed by atoms with Gasteiger partial charge in [-0.1, -0.05) is 67.2 Å². The first-order chi connectivity index (χ1) is 15.9. The third kappa shape index (κ3) is 6.40. The Morgan fingerprint density at radius 2 is 1.48 bits per heavy atom. The van der Waals surface area contributed by atoms with Crippen molar-refractivity contribution in [1.29, 1.82) is 0 Å². The van der Waals surface area contributed by atoms with E-state index in [0.717, 1.165) is 29.5 Å². The lowest BCUT2D eigenvalue weighted by Crippen LogP contribution is -2.26. The van der Waals surface area contributed by atoms with Gasteiger partial charge in [0.1, 0.15) is 0 Å². The van der Waals surface area contributed by atoms with Crippen LogP contribution < -0.4 is 5.32 Å². The highest BCUT2D eigenvalue weighted by atomic mass is 32.2. The van der Waals surface area contributed by atoms with Crippen LogP contribution in [0.25, 0.3) is 0 Å². The summed E-state index contributed by atoms with van der Waals surface area (Å²) in [7, 11) is 0. The number of carbonyl (C=O) groups is 3. The molecule has 1 amide bonds. The van der Waals surface area contributed by atoms with Crippen LogP contribution in [-0.4, -0.2) is 34.6 Å². The molecular formula is C25H23NO5S2. The van der Waals surface area contributed by atoms with Crippen molar-refractivity contribution in [2.24, 2.45) is 0 Å². The molecule has 0 atom stereocenters. The lowest BCUT2D eigenvalue weighted by Gasteiger charge is -2.15. The van der Waals surface area contributed by atoms with Crippen molar-refractivity contribution in [2.45, 2.75) is 39.3 Å². The highest BCUT2D eigenvalue weighted by Gasteiger charge is 2.24. The molecule has 3 aromatic carbocycles. The van der Waals surface area contributed by atoms with E-state index in [9.17, 15) is 24.6 Å². The smallest absolute Gasteiger partial charge is 0.337 e. The Morgan fingerprint density at radius 1 is 0.788 bits per heavy atom. The minimum atomic E-state index is -1.25. The number of carboxylic acid groups (broad SMARTS) is 2. The van der Waals surface area contributed by atoms with Gasteiger partial charge in [-0.2, -0.15) is 0 Å². The number of amides is 1. The van der Waals surface area contributed by atoms with Crippen LogP contribution in [-0.2, 0) is 0 Å². The maximum Gasteiger partial charge on any atom is 0.337 e. The molecule has 0 fully saturated rings. The number of rotatable bonds is 10. The number of carbonyl (C=O) groups excluding carboxylic acids is 1. The van der Waals surface area contributed by atoms with Crippen molar-refractivity contribution in [1.82, 2.24) is 5.32 Å². The Hall–Kier alpha value is -3.23. The van der Waals surface area contributed by atoms with Gasteiger partial charge in [0.05, 0.1) is 16.7 Å². The van der Waals surface area contributed by atoms with Gasteiger partial charge in [-0.25, -0.2) is 9.59 Å². The summed E-state index contributed by atoms with van der Waals surface area (Å²) in [5, 5.41) is 22.3. The Bertz CT molecular complexity index is 1160. The normalized spacial score (nSPS) is 10.6. The molecule has 33 heavy (non-hydrogen) atoms. The molecule has 6 nitrogen and oxygen atoms in total. The fraction of sp³-hybridized carbons (Fsp3) is 0.160. The van der Waals surface area contributed by atoms with Crippen LogP contribution in [0.3, 0.4) is 0 Å². The van der Waals surface area contributed by atoms with E-state index in [2.05, 4.69) is 5.32 Å². The van der Waals surface area contributed by atoms with Crippen molar-refractivity contribution in [3.05, 3.63) is 83.4 Å². The second kappa shape index (κ2) is 11.6. The fourth-order valence-electron chi connectivity index (χ4n) is 3.08. The number of aromatic carboxylic acids is 2. The van der Waals surface area contributed by atoms with Gasteiger partial charge in [0.15, 0.2) is 0 Å². The summed E-state index contributed by atoms with van der Waals surface area (Å²) < 4.78 is 0. The summed E-state index contributed by atoms with van der Waals surface area (Å²) in [6.07, 6.45) is 1.67. The Morgan fingerprint density at radius 3 is 2.15 bits per heavy atom. The average molecular weight is 482 g/mol. The minimum absolute atomic E-state index is 0.0508. The van der Waals surface area contributed by atoms with Crippen molar-refractivity contribution >= 4 is 41.4 Å². The molecule has 0 bridgehead atoms. The summed E-state index contributed by atoms with van der Waals surface area (Å²) in [6.45, 7) is 2.44. The number of carboxylic acids is 2. The Kier molecular flexibility index (Phi) is 8.57. The molecule has 0 aromatic heterocycles. The topological polar surface area (TPSA) is 104 Å². The van der Waals surface area contributed by atoms with E-state index in [1.54, 1.807) is 30.3 Å². The molecule has 0 saturated carbocycles. The van der Waals surface area contributed by atoms with Crippen LogP contribution in [0.15, 0.2) is 86.3 Å². The molecule has 3 N–H and O–H groups in total. The van der Waals surface area contributed by atoms with Crippen LogP contribution in [0.4, 0.5) is 0 Å². The van der Waals surface area contributed by atoms with Gasteiger partial charge in [-0.3, -0.25) is 4.79 Å². The van der Waals surface area contributed by atoms with E-state index in [1.807, 2.05) is 37.3 Å². The number of benzene rings is 3. The number of nitrogens with one attached hydrogen (secondary N) is 1. The molecule has 0 aliphatic heterocycles. The van der Waals surface area contributed by atoms with Crippen LogP contribution in [0.5, 0.6) is 0 Å². The number of hydrogen-bond acceptors (Lipinski definition) is 5. The zero-order valence-corrected chi connectivity index (χ0v) is 19.5. The molecular weight excluding hydrogens is 458 g/mol. The Labute approximate surface area is 200 Å². The van der Waals surface area contributed by atoms with Gasteiger partial charge in [0, 0.05) is 26.1 Å². The zero-order valence-electron chi connectivity index (χ0n) is 17.9. The largest absolute Gasteiger partial charge is 0.478 e. The van der Waals surface area contributed by atoms with E-state index in [-0.39, 0.29) is 16.7 Å². The summed E-state index contributed by atoms with van der Waals surface area (Å²) in [4.78, 5) is 39.2. The third-order valence-corrected chi connectivity index (χ3v) is 6.76. The third-order valence-electron chi connectivity index (χ3n) is 4.67. The molecule has 0 spiro atoms. The highest BCUT2D eigenvalue weighted by Crippen LogP contribution is 2.39. The quantitative estimate of drug-likeness (QED) is 0.309. The molecule has 0 heterocycles. The van der Waals surface area contributed by atoms with Crippen molar-refractivity contribution < 1.29 is 24.6 Å². The predicted octanol–water partition coefficient (Wildman–Crippen LogP) is 5.92. The average Bonchev–Trinajstić information content (AvgIpc) is 2.79. The van der Waals surface area contributed by atoms with Gasteiger partial charge in [0.2, 0.25) is 0 Å². The van der Waals surface area contributed by atoms with Crippen LogP contribution in [0, 0.1) is 0 Å². The second-order valence-electron chi connectivity index (χ2n) is 7.08. The molecule has 8 heteroatoms. The number of hydrogen-bond donors (Lipinski definition) is 3. The maximum atomic E-state index is 12.9. The van der Waals surface area contributed by atoms with Crippen molar-refractivity contribution in [3.63, 3.8) is 0 Å². The molecule has 0 aliphatic rings. The number of unbranched alkanes of at least 4 members (excludes halogenated alkanes) is 1. The van der Waals surface area contributed by atoms with E-state index in [1.165, 1.54) is 17.8 Å². The van der Waals surface area contributed by atoms with Gasteiger partial charge in [-0.05, 0) is 42.8 Å². The molecule has 0 radical (unpaired) electrons. The first-order valence-electron chi connectivity index (χ1n) is 10.3.